The number of nitro groups is 1. The van der Waals surface area contributed by atoms with Crippen molar-refractivity contribution in [3.63, 3.8) is 0 Å². The van der Waals surface area contributed by atoms with E-state index in [4.69, 9.17) is 9.47 Å². The summed E-state index contributed by atoms with van der Waals surface area (Å²) in [5, 5.41) is 10.7. The number of aromatic nitrogens is 2. The number of imidazole rings is 1. The minimum absolute atomic E-state index is 0.183. The van der Waals surface area contributed by atoms with E-state index in [1.165, 1.54) is 18.3 Å². The summed E-state index contributed by atoms with van der Waals surface area (Å²) in [5.74, 6) is 0.304. The summed E-state index contributed by atoms with van der Waals surface area (Å²) in [7, 11) is 0. The van der Waals surface area contributed by atoms with E-state index in [9.17, 15) is 23.3 Å². The van der Waals surface area contributed by atoms with Crippen molar-refractivity contribution in [1.82, 2.24) is 9.55 Å². The highest BCUT2D eigenvalue weighted by Gasteiger charge is 2.32. The third-order valence-corrected chi connectivity index (χ3v) is 4.42. The molecule has 2 heterocycles. The largest absolute Gasteiger partial charge is 0.490 e. The standard InChI is InChI=1S/C19H14F3N3O4/c20-19(21,22)14-5-1-12(2-6-14)13-3-7-15(8-4-13)28-11-16-9-24-10-17(25(26)27)23-18(24)29-16/h1-8,10,16H,9,11H2. The van der Waals surface area contributed by atoms with Crippen LogP contribution in [0, 0.1) is 10.1 Å². The van der Waals surface area contributed by atoms with E-state index in [1.54, 1.807) is 28.8 Å². The molecule has 150 valence electrons. The van der Waals surface area contributed by atoms with Crippen molar-refractivity contribution in [2.75, 3.05) is 6.61 Å². The van der Waals surface area contributed by atoms with Gasteiger partial charge in [-0.2, -0.15) is 13.2 Å². The second-order valence-corrected chi connectivity index (χ2v) is 6.44. The Morgan fingerprint density at radius 3 is 2.31 bits per heavy atom. The number of alkyl halides is 3. The molecule has 1 aliphatic heterocycles. The Kier molecular flexibility index (Phi) is 4.61. The highest BCUT2D eigenvalue weighted by Crippen LogP contribution is 2.31. The molecule has 0 aliphatic carbocycles. The second-order valence-electron chi connectivity index (χ2n) is 6.44. The zero-order valence-electron chi connectivity index (χ0n) is 14.8. The lowest BCUT2D eigenvalue weighted by atomic mass is 10.0. The number of hydrogen-bond acceptors (Lipinski definition) is 5. The average molecular weight is 405 g/mol. The van der Waals surface area contributed by atoms with E-state index in [1.807, 2.05) is 0 Å². The zero-order valence-corrected chi connectivity index (χ0v) is 14.8. The first-order valence-electron chi connectivity index (χ1n) is 8.58. The first-order valence-corrected chi connectivity index (χ1v) is 8.58. The molecule has 7 nitrogen and oxygen atoms in total. The van der Waals surface area contributed by atoms with Crippen molar-refractivity contribution in [2.45, 2.75) is 18.8 Å². The molecule has 0 amide bonds. The summed E-state index contributed by atoms with van der Waals surface area (Å²) < 4.78 is 50.7. The molecule has 2 aromatic carbocycles. The van der Waals surface area contributed by atoms with E-state index in [-0.39, 0.29) is 24.5 Å². The van der Waals surface area contributed by atoms with Crippen molar-refractivity contribution in [2.24, 2.45) is 0 Å². The van der Waals surface area contributed by atoms with Gasteiger partial charge in [0.15, 0.2) is 6.10 Å². The van der Waals surface area contributed by atoms with Gasteiger partial charge in [-0.15, -0.1) is 0 Å². The van der Waals surface area contributed by atoms with Gasteiger partial charge in [0.05, 0.1) is 12.1 Å². The molecule has 29 heavy (non-hydrogen) atoms. The molecule has 0 bridgehead atoms. The number of fused-ring (bicyclic) bond motifs is 1. The van der Waals surface area contributed by atoms with Crippen molar-refractivity contribution < 1.29 is 27.6 Å². The molecule has 1 aromatic heterocycles. The fraction of sp³-hybridized carbons (Fsp3) is 0.211. The maximum absolute atomic E-state index is 12.6. The molecule has 0 saturated heterocycles. The summed E-state index contributed by atoms with van der Waals surface area (Å²) in [6, 6.07) is 12.1. The summed E-state index contributed by atoms with van der Waals surface area (Å²) in [6.45, 7) is 0.608. The molecule has 3 aromatic rings. The Morgan fingerprint density at radius 2 is 1.76 bits per heavy atom. The van der Waals surface area contributed by atoms with E-state index in [0.717, 1.165) is 17.7 Å². The van der Waals surface area contributed by atoms with Crippen LogP contribution in [0.25, 0.3) is 11.1 Å². The van der Waals surface area contributed by atoms with Gasteiger partial charge in [-0.1, -0.05) is 24.3 Å². The third kappa shape index (κ3) is 4.00. The van der Waals surface area contributed by atoms with E-state index >= 15 is 0 Å². The molecule has 1 aliphatic rings. The maximum Gasteiger partial charge on any atom is 0.416 e. The van der Waals surface area contributed by atoms with Gasteiger partial charge in [0.1, 0.15) is 18.6 Å². The van der Waals surface area contributed by atoms with Gasteiger partial charge >= 0.3 is 18.0 Å². The minimum Gasteiger partial charge on any atom is -0.490 e. The minimum atomic E-state index is -4.36. The van der Waals surface area contributed by atoms with Crippen molar-refractivity contribution in [3.8, 4) is 22.9 Å². The number of hydrogen-bond donors (Lipinski definition) is 0. The van der Waals surface area contributed by atoms with Gasteiger partial charge in [-0.05, 0) is 40.3 Å². The van der Waals surface area contributed by atoms with Crippen LogP contribution < -0.4 is 9.47 Å². The molecule has 0 saturated carbocycles. The van der Waals surface area contributed by atoms with Crippen LogP contribution in [0.1, 0.15) is 5.56 Å². The lowest BCUT2D eigenvalue weighted by Gasteiger charge is -2.12. The van der Waals surface area contributed by atoms with Crippen LogP contribution in [0.15, 0.2) is 54.7 Å². The lowest BCUT2D eigenvalue weighted by Crippen LogP contribution is -2.23. The maximum atomic E-state index is 12.6. The normalized spacial score (nSPS) is 15.6. The fourth-order valence-corrected chi connectivity index (χ4v) is 2.98. The monoisotopic (exact) mass is 405 g/mol. The molecule has 0 radical (unpaired) electrons. The molecular formula is C19H14F3N3O4. The molecule has 1 atom stereocenters. The van der Waals surface area contributed by atoms with Gasteiger partial charge in [0.25, 0.3) is 0 Å². The Labute approximate surface area is 162 Å². The molecule has 0 fully saturated rings. The predicted octanol–water partition coefficient (Wildman–Crippen LogP) is 4.32. The van der Waals surface area contributed by atoms with Crippen LogP contribution in [0.2, 0.25) is 0 Å². The fourth-order valence-electron chi connectivity index (χ4n) is 2.98. The van der Waals surface area contributed by atoms with Crippen LogP contribution in [0.5, 0.6) is 11.8 Å². The van der Waals surface area contributed by atoms with Crippen molar-refractivity contribution in [1.29, 1.82) is 0 Å². The highest BCUT2D eigenvalue weighted by molar-refractivity contribution is 5.64. The summed E-state index contributed by atoms with van der Waals surface area (Å²) in [4.78, 5) is 13.9. The van der Waals surface area contributed by atoms with Crippen LogP contribution in [-0.4, -0.2) is 27.2 Å². The summed E-state index contributed by atoms with van der Waals surface area (Å²) in [5.41, 5.74) is 0.731. The molecule has 0 N–H and O–H groups in total. The number of ether oxygens (including phenoxy) is 2. The van der Waals surface area contributed by atoms with Crippen LogP contribution in [-0.2, 0) is 12.7 Å². The molecule has 4 rings (SSSR count). The van der Waals surface area contributed by atoms with Crippen LogP contribution >= 0.6 is 0 Å². The van der Waals surface area contributed by atoms with Gasteiger partial charge in [0.2, 0.25) is 0 Å². The molecule has 0 spiro atoms. The predicted molar refractivity (Wildman–Crippen MR) is 95.7 cm³/mol. The number of nitrogens with zero attached hydrogens (tertiary/aromatic N) is 3. The van der Waals surface area contributed by atoms with Crippen LogP contribution in [0.3, 0.4) is 0 Å². The topological polar surface area (TPSA) is 79.4 Å². The smallest absolute Gasteiger partial charge is 0.416 e. The van der Waals surface area contributed by atoms with Gasteiger partial charge < -0.3 is 19.6 Å². The molecular weight excluding hydrogens is 391 g/mol. The van der Waals surface area contributed by atoms with Gasteiger partial charge in [0, 0.05) is 4.98 Å². The third-order valence-electron chi connectivity index (χ3n) is 4.42. The van der Waals surface area contributed by atoms with Crippen LogP contribution in [0.4, 0.5) is 19.0 Å². The quantitative estimate of drug-likeness (QED) is 0.467. The Hall–Kier alpha value is -3.56. The molecule has 10 heteroatoms. The number of halogens is 3. The van der Waals surface area contributed by atoms with Crippen molar-refractivity contribution in [3.05, 3.63) is 70.4 Å². The highest BCUT2D eigenvalue weighted by atomic mass is 19.4. The van der Waals surface area contributed by atoms with Gasteiger partial charge in [-0.25, -0.2) is 0 Å². The summed E-state index contributed by atoms with van der Waals surface area (Å²) in [6.07, 6.45) is -3.37. The first kappa shape index (κ1) is 18.8. The van der Waals surface area contributed by atoms with Crippen molar-refractivity contribution >= 4 is 5.82 Å². The van der Waals surface area contributed by atoms with E-state index < -0.39 is 16.7 Å². The first-order chi connectivity index (χ1) is 13.8. The zero-order chi connectivity index (χ0) is 20.6. The number of benzene rings is 2. The summed E-state index contributed by atoms with van der Waals surface area (Å²) >= 11 is 0. The Balaban J connectivity index is 1.34. The van der Waals surface area contributed by atoms with E-state index in [2.05, 4.69) is 4.98 Å². The molecule has 1 unspecified atom stereocenters. The lowest BCUT2D eigenvalue weighted by molar-refractivity contribution is -0.389. The second kappa shape index (κ2) is 7.12. The SMILES string of the molecule is O=[N+]([O-])c1cn2c(n1)OC(COc1ccc(-c3ccc(C(F)(F)F)cc3)cc1)C2. The van der Waals surface area contributed by atoms with Gasteiger partial charge in [-0.3, -0.25) is 4.57 Å². The Morgan fingerprint density at radius 1 is 1.14 bits per heavy atom. The van der Waals surface area contributed by atoms with E-state index in [0.29, 0.717) is 17.9 Å². The average Bonchev–Trinajstić information content (AvgIpc) is 3.25. The number of rotatable bonds is 5. The Bertz CT molecular complexity index is 1010.